The number of Topliss-reactive ketones (excluding diaryl/α,β-unsaturated/α-hetero) is 2. The molecule has 0 unspecified atom stereocenters. The third-order valence-corrected chi connectivity index (χ3v) is 12.6. The van der Waals surface area contributed by atoms with Crippen LogP contribution in [0.1, 0.15) is 112 Å². The van der Waals surface area contributed by atoms with Gasteiger partial charge in [0.2, 0.25) is 5.79 Å². The molecule has 0 radical (unpaired) electrons. The number of ether oxygens (including phenoxy) is 4. The van der Waals surface area contributed by atoms with Crippen molar-refractivity contribution in [3.63, 3.8) is 0 Å². The molecule has 3 heterocycles. The minimum absolute atomic E-state index is 0.0207. The molecule has 0 spiro atoms. The molecule has 2 bridgehead atoms. The van der Waals surface area contributed by atoms with Gasteiger partial charge in [0.15, 0.2) is 0 Å². The fourth-order valence-electron chi connectivity index (χ4n) is 9.12. The van der Waals surface area contributed by atoms with Crippen molar-refractivity contribution in [1.82, 2.24) is 4.90 Å². The normalized spacial score (nSPS) is 42.1. The molecule has 1 saturated carbocycles. The number of aliphatic hydroxyl groups is 3. The molecule has 0 aromatic rings. The third kappa shape index (κ3) is 10.7. The number of nitrogens with zero attached hydrogens (tertiary/aromatic N) is 1. The highest BCUT2D eigenvalue weighted by Gasteiger charge is 2.56. The van der Waals surface area contributed by atoms with E-state index in [1.165, 1.54) is 14.2 Å². The van der Waals surface area contributed by atoms with E-state index in [1.807, 2.05) is 32.9 Å². The first-order chi connectivity index (χ1) is 25.9. The lowest BCUT2D eigenvalue weighted by molar-refractivity contribution is -0.302. The van der Waals surface area contributed by atoms with Gasteiger partial charge >= 0.3 is 5.97 Å². The van der Waals surface area contributed by atoms with Crippen molar-refractivity contribution in [2.45, 2.75) is 167 Å². The zero-order valence-corrected chi connectivity index (χ0v) is 34.1. The number of cyclic esters (lactones) is 1. The van der Waals surface area contributed by atoms with Crippen LogP contribution in [0, 0.1) is 29.6 Å². The number of amides is 1. The second kappa shape index (κ2) is 19.7. The van der Waals surface area contributed by atoms with E-state index >= 15 is 0 Å². The molecule has 3 fully saturated rings. The fraction of sp³-hybridized carbons (Fsp3) is 0.810. The fourth-order valence-corrected chi connectivity index (χ4v) is 9.12. The number of hydrogen-bond donors (Lipinski definition) is 3. The zero-order valence-electron chi connectivity index (χ0n) is 34.1. The average Bonchev–Trinajstić information content (AvgIpc) is 3.15. The molecule has 1 amide bonds. The number of allylic oxidation sites excluding steroid dienone is 3. The van der Waals surface area contributed by atoms with E-state index in [1.54, 1.807) is 20.8 Å². The molecule has 3 N–H and O–H groups in total. The Morgan fingerprint density at radius 2 is 1.65 bits per heavy atom. The number of methoxy groups -OCH3 is 2. The van der Waals surface area contributed by atoms with Crippen LogP contribution < -0.4 is 0 Å². The Balaban J connectivity index is 1.76. The Morgan fingerprint density at radius 1 is 0.982 bits per heavy atom. The van der Waals surface area contributed by atoms with Crippen LogP contribution in [0.2, 0.25) is 0 Å². The number of piperidine rings is 1. The van der Waals surface area contributed by atoms with Crippen LogP contribution >= 0.6 is 0 Å². The lowest BCUT2D eigenvalue weighted by atomic mass is 9.82. The lowest BCUT2D eigenvalue weighted by Crippen LogP contribution is -2.64. The van der Waals surface area contributed by atoms with E-state index in [0.717, 1.165) is 10.5 Å². The van der Waals surface area contributed by atoms with Gasteiger partial charge in [0.25, 0.3) is 11.7 Å². The number of fused-ring (bicyclic) bond motifs is 3. The quantitative estimate of drug-likeness (QED) is 0.199. The number of ketones is 2. The second-order valence-electron chi connectivity index (χ2n) is 16.9. The van der Waals surface area contributed by atoms with Crippen molar-refractivity contribution < 1.29 is 57.8 Å². The summed E-state index contributed by atoms with van der Waals surface area (Å²) >= 11 is 0. The Labute approximate surface area is 326 Å². The van der Waals surface area contributed by atoms with Gasteiger partial charge in [-0.15, -0.1) is 0 Å². The first-order valence-electron chi connectivity index (χ1n) is 20.4. The molecule has 0 aromatic heterocycles. The zero-order chi connectivity index (χ0) is 40.8. The van der Waals surface area contributed by atoms with Gasteiger partial charge in [-0.05, 0) is 95.5 Å². The molecule has 2 saturated heterocycles. The van der Waals surface area contributed by atoms with Gasteiger partial charge in [-0.1, -0.05) is 45.4 Å². The SMILES string of the molecule is CC[C@@H]1/C=C(\C)C[C@H](C)C[C@H](OC)[C@H]2O[C@@](O)(C(=O)C(=O)N3CCCC[C@H]3C(=O)O[C@H](/C(C)=C/[C@@H]3CC[C@@H](O)[C@@H](F)C3)[C@H](C)[C@@H](O)CC1=O)[C@H](C)C[C@@H]2OC. The Bertz CT molecular complexity index is 1420. The standard InChI is InChI=1S/C42H66FNO11/c1-9-29-17-23(2)16-24(3)18-35(52-7)38-36(53-8)20-26(5)42(51,55-38)39(48)40(49)44-15-11-10-12-31(44)41(50)54-37(27(6)33(46)22-34(29)47)25(4)19-28-13-14-32(45)30(43)21-28/h17,19,24,26-33,35-38,45-46,51H,9-16,18,20-22H2,1-8H3/b23-17+,25-19+/t24-,26+,27+,28-,29+,30-,31-,32+,33-,35-,36-,37+,38+,42+/m0/s1. The summed E-state index contributed by atoms with van der Waals surface area (Å²) in [5.41, 5.74) is 1.52. The van der Waals surface area contributed by atoms with Crippen LogP contribution in [0.15, 0.2) is 23.3 Å². The van der Waals surface area contributed by atoms with E-state index in [-0.39, 0.29) is 56.3 Å². The molecular formula is C42H66FNO11. The maximum Gasteiger partial charge on any atom is 0.329 e. The summed E-state index contributed by atoms with van der Waals surface area (Å²) in [6.45, 7) is 11.0. The molecule has 14 atom stereocenters. The van der Waals surface area contributed by atoms with Crippen molar-refractivity contribution in [2.75, 3.05) is 20.8 Å². The number of halogens is 1. The molecule has 3 aliphatic heterocycles. The summed E-state index contributed by atoms with van der Waals surface area (Å²) in [5, 5.41) is 33.5. The molecular weight excluding hydrogens is 713 g/mol. The minimum Gasteiger partial charge on any atom is -0.456 e. The topological polar surface area (TPSA) is 169 Å². The molecule has 0 aromatic carbocycles. The number of rotatable bonds is 5. The van der Waals surface area contributed by atoms with Crippen LogP contribution in [0.3, 0.4) is 0 Å². The van der Waals surface area contributed by atoms with Gasteiger partial charge < -0.3 is 39.2 Å². The van der Waals surface area contributed by atoms with Crippen molar-refractivity contribution in [3.05, 3.63) is 23.3 Å². The summed E-state index contributed by atoms with van der Waals surface area (Å²) < 4.78 is 38.6. The van der Waals surface area contributed by atoms with E-state index in [0.29, 0.717) is 44.1 Å². The molecule has 12 nitrogen and oxygen atoms in total. The number of carbonyl (C=O) groups is 4. The predicted octanol–water partition coefficient (Wildman–Crippen LogP) is 4.80. The van der Waals surface area contributed by atoms with Gasteiger partial charge in [-0.25, -0.2) is 9.18 Å². The van der Waals surface area contributed by atoms with Gasteiger partial charge in [0.1, 0.15) is 30.2 Å². The molecule has 55 heavy (non-hydrogen) atoms. The molecule has 4 aliphatic rings. The van der Waals surface area contributed by atoms with Crippen molar-refractivity contribution in [2.24, 2.45) is 29.6 Å². The molecule has 1 aliphatic carbocycles. The first-order valence-corrected chi connectivity index (χ1v) is 20.4. The monoisotopic (exact) mass is 779 g/mol. The largest absolute Gasteiger partial charge is 0.456 e. The number of esters is 1. The molecule has 4 rings (SSSR count). The molecule has 312 valence electrons. The Morgan fingerprint density at radius 3 is 2.29 bits per heavy atom. The van der Waals surface area contributed by atoms with E-state index in [2.05, 4.69) is 0 Å². The Kier molecular flexibility index (Phi) is 16.2. The van der Waals surface area contributed by atoms with Crippen LogP contribution in [-0.4, -0.2) is 119 Å². The molecule has 13 heteroatoms. The maximum atomic E-state index is 14.5. The van der Waals surface area contributed by atoms with Gasteiger partial charge in [0.05, 0.1) is 24.4 Å². The van der Waals surface area contributed by atoms with Crippen molar-refractivity contribution in [3.8, 4) is 0 Å². The smallest absolute Gasteiger partial charge is 0.329 e. The van der Waals surface area contributed by atoms with E-state index in [9.17, 15) is 38.9 Å². The van der Waals surface area contributed by atoms with Crippen LogP contribution in [0.5, 0.6) is 0 Å². The summed E-state index contributed by atoms with van der Waals surface area (Å²) in [7, 11) is 3.04. The minimum atomic E-state index is -2.52. The van der Waals surface area contributed by atoms with Gasteiger partial charge in [-0.3, -0.25) is 14.4 Å². The highest BCUT2D eigenvalue weighted by molar-refractivity contribution is 6.39. The van der Waals surface area contributed by atoms with E-state index < -0.39 is 90.0 Å². The maximum absolute atomic E-state index is 14.5. The first kappa shape index (κ1) is 45.2. The summed E-state index contributed by atoms with van der Waals surface area (Å²) in [4.78, 5) is 57.4. The van der Waals surface area contributed by atoms with Gasteiger partial charge in [0, 0.05) is 44.9 Å². The van der Waals surface area contributed by atoms with E-state index in [4.69, 9.17) is 18.9 Å². The van der Waals surface area contributed by atoms with Crippen molar-refractivity contribution >= 4 is 23.4 Å². The van der Waals surface area contributed by atoms with Crippen molar-refractivity contribution in [1.29, 1.82) is 0 Å². The Hall–Kier alpha value is -2.55. The third-order valence-electron chi connectivity index (χ3n) is 12.6. The number of carbonyl (C=O) groups excluding carboxylic acids is 4. The number of aliphatic hydroxyl groups excluding tert-OH is 2. The highest BCUT2D eigenvalue weighted by Crippen LogP contribution is 2.39. The van der Waals surface area contributed by atoms with Gasteiger partial charge in [-0.2, -0.15) is 0 Å². The van der Waals surface area contributed by atoms with Crippen LogP contribution in [0.25, 0.3) is 0 Å². The predicted molar refractivity (Wildman–Crippen MR) is 202 cm³/mol. The van der Waals surface area contributed by atoms with Crippen LogP contribution in [-0.2, 0) is 38.1 Å². The lowest BCUT2D eigenvalue weighted by Gasteiger charge is -2.47. The van der Waals surface area contributed by atoms with Crippen LogP contribution in [0.4, 0.5) is 4.39 Å². The highest BCUT2D eigenvalue weighted by atomic mass is 19.1. The summed E-state index contributed by atoms with van der Waals surface area (Å²) in [6, 6.07) is -1.17. The number of hydrogen-bond acceptors (Lipinski definition) is 11. The average molecular weight is 780 g/mol. The second-order valence-corrected chi connectivity index (χ2v) is 16.9. The summed E-state index contributed by atoms with van der Waals surface area (Å²) in [6.07, 6.45) is 0.736. The summed E-state index contributed by atoms with van der Waals surface area (Å²) in [5.74, 6) is -8.03. The number of alkyl halides is 1.